The fraction of sp³-hybridized carbons (Fsp3) is 0.312. The van der Waals surface area contributed by atoms with Gasteiger partial charge in [0.25, 0.3) is 5.91 Å². The maximum Gasteiger partial charge on any atom is 0.254 e. The molecule has 6 nitrogen and oxygen atoms in total. The molecule has 0 atom stereocenters. The Labute approximate surface area is 129 Å². The third-order valence-corrected chi connectivity index (χ3v) is 3.08. The molecule has 116 valence electrons. The van der Waals surface area contributed by atoms with E-state index in [9.17, 15) is 4.79 Å². The molecule has 0 fully saturated rings. The van der Waals surface area contributed by atoms with Crippen LogP contribution in [0.2, 0.25) is 0 Å². The number of benzene rings is 1. The summed E-state index contributed by atoms with van der Waals surface area (Å²) in [6.07, 6.45) is 3.01. The van der Waals surface area contributed by atoms with E-state index in [1.54, 1.807) is 7.11 Å². The normalized spacial score (nSPS) is 10.3. The zero-order valence-electron chi connectivity index (χ0n) is 12.8. The maximum atomic E-state index is 11.8. The number of nitrogens with zero attached hydrogens (tertiary/aromatic N) is 2. The molecule has 6 heteroatoms. The number of aromatic nitrogens is 2. The number of rotatable bonds is 7. The van der Waals surface area contributed by atoms with Crippen LogP contribution in [-0.2, 0) is 11.3 Å². The van der Waals surface area contributed by atoms with Crippen molar-refractivity contribution in [3.05, 3.63) is 53.3 Å². The van der Waals surface area contributed by atoms with E-state index < -0.39 is 0 Å². The number of carbonyl (C=O) groups is 1. The lowest BCUT2D eigenvalue weighted by atomic mass is 10.1. The van der Waals surface area contributed by atoms with Crippen LogP contribution in [0.1, 0.15) is 21.5 Å². The van der Waals surface area contributed by atoms with Crippen LogP contribution in [-0.4, -0.2) is 36.1 Å². The van der Waals surface area contributed by atoms with E-state index >= 15 is 0 Å². The first-order valence-corrected chi connectivity index (χ1v) is 7.07. The molecular weight excluding hydrogens is 280 g/mol. The van der Waals surface area contributed by atoms with Gasteiger partial charge in [0.15, 0.2) is 0 Å². The van der Waals surface area contributed by atoms with Gasteiger partial charge in [-0.25, -0.2) is 9.97 Å². The zero-order chi connectivity index (χ0) is 15.8. The number of carbonyl (C=O) groups excluding carboxylic acids is 1. The van der Waals surface area contributed by atoms with Crippen molar-refractivity contribution in [1.29, 1.82) is 0 Å². The number of methoxy groups -OCH3 is 1. The summed E-state index contributed by atoms with van der Waals surface area (Å²) in [7, 11) is 1.59. The number of ether oxygens (including phenoxy) is 1. The Morgan fingerprint density at radius 3 is 2.50 bits per heavy atom. The van der Waals surface area contributed by atoms with Crippen molar-refractivity contribution in [2.24, 2.45) is 0 Å². The second-order valence-corrected chi connectivity index (χ2v) is 4.88. The molecule has 2 rings (SSSR count). The Bertz CT molecular complexity index is 597. The lowest BCUT2D eigenvalue weighted by Gasteiger charge is -2.07. The predicted molar refractivity (Wildman–Crippen MR) is 84.7 cm³/mol. The summed E-state index contributed by atoms with van der Waals surface area (Å²) < 4.78 is 4.87. The van der Waals surface area contributed by atoms with Crippen LogP contribution in [0.5, 0.6) is 0 Å². The molecule has 0 saturated heterocycles. The molecule has 2 aromatic rings. The van der Waals surface area contributed by atoms with Gasteiger partial charge in [-0.05, 0) is 12.5 Å². The first kappa shape index (κ1) is 15.9. The van der Waals surface area contributed by atoms with Gasteiger partial charge in [0.1, 0.15) is 0 Å². The number of amides is 1. The van der Waals surface area contributed by atoms with E-state index in [0.29, 0.717) is 31.2 Å². The van der Waals surface area contributed by atoms with Crippen molar-refractivity contribution in [2.75, 3.05) is 25.6 Å². The summed E-state index contributed by atoms with van der Waals surface area (Å²) >= 11 is 0. The van der Waals surface area contributed by atoms with Crippen LogP contribution in [0.15, 0.2) is 36.7 Å². The SMILES string of the molecule is COCCNC(=O)c1cnc(NCc2ccc(C)cc2)nc1. The smallest absolute Gasteiger partial charge is 0.254 e. The Hall–Kier alpha value is -2.47. The first-order chi connectivity index (χ1) is 10.7. The van der Waals surface area contributed by atoms with Crippen molar-refractivity contribution in [1.82, 2.24) is 15.3 Å². The minimum Gasteiger partial charge on any atom is -0.383 e. The van der Waals surface area contributed by atoms with E-state index in [1.165, 1.54) is 18.0 Å². The topological polar surface area (TPSA) is 76.1 Å². The third kappa shape index (κ3) is 4.82. The van der Waals surface area contributed by atoms with Gasteiger partial charge in [-0.15, -0.1) is 0 Å². The monoisotopic (exact) mass is 300 g/mol. The molecule has 0 unspecified atom stereocenters. The highest BCUT2D eigenvalue weighted by Gasteiger charge is 2.06. The van der Waals surface area contributed by atoms with Crippen molar-refractivity contribution in [2.45, 2.75) is 13.5 Å². The summed E-state index contributed by atoms with van der Waals surface area (Å²) in [5.74, 6) is 0.288. The van der Waals surface area contributed by atoms with Crippen molar-refractivity contribution >= 4 is 11.9 Å². The van der Waals surface area contributed by atoms with E-state index in [1.807, 2.05) is 0 Å². The van der Waals surface area contributed by atoms with Gasteiger partial charge in [0, 0.05) is 32.6 Å². The molecule has 0 aliphatic heterocycles. The molecule has 0 bridgehead atoms. The number of anilines is 1. The minimum absolute atomic E-state index is 0.206. The molecule has 1 heterocycles. The average Bonchev–Trinajstić information content (AvgIpc) is 2.55. The molecule has 1 aromatic carbocycles. The number of nitrogens with one attached hydrogen (secondary N) is 2. The maximum absolute atomic E-state index is 11.8. The molecular formula is C16H20N4O2. The second-order valence-electron chi connectivity index (χ2n) is 4.88. The molecule has 0 saturated carbocycles. The van der Waals surface area contributed by atoms with Gasteiger partial charge < -0.3 is 15.4 Å². The van der Waals surface area contributed by atoms with Crippen molar-refractivity contribution in [3.63, 3.8) is 0 Å². The summed E-state index contributed by atoms with van der Waals surface area (Å²) in [6.45, 7) is 3.63. The number of hydrogen-bond acceptors (Lipinski definition) is 5. The van der Waals surface area contributed by atoms with Crippen LogP contribution >= 0.6 is 0 Å². The fourth-order valence-electron chi connectivity index (χ4n) is 1.79. The lowest BCUT2D eigenvalue weighted by molar-refractivity contribution is 0.0936. The Balaban J connectivity index is 1.86. The Kier molecular flexibility index (Phi) is 5.85. The van der Waals surface area contributed by atoms with Crippen molar-refractivity contribution in [3.8, 4) is 0 Å². The molecule has 0 spiro atoms. The van der Waals surface area contributed by atoms with Crippen LogP contribution in [0.4, 0.5) is 5.95 Å². The highest BCUT2D eigenvalue weighted by Crippen LogP contribution is 2.06. The second kappa shape index (κ2) is 8.09. The number of aryl methyl sites for hydroxylation is 1. The largest absolute Gasteiger partial charge is 0.383 e. The predicted octanol–water partition coefficient (Wildman–Crippen LogP) is 1.77. The summed E-state index contributed by atoms with van der Waals surface area (Å²) in [5, 5.41) is 5.84. The zero-order valence-corrected chi connectivity index (χ0v) is 12.8. The van der Waals surface area contributed by atoms with Gasteiger partial charge in [-0.2, -0.15) is 0 Å². The minimum atomic E-state index is -0.206. The fourth-order valence-corrected chi connectivity index (χ4v) is 1.79. The van der Waals surface area contributed by atoms with Gasteiger partial charge in [0.2, 0.25) is 5.95 Å². The van der Waals surface area contributed by atoms with Crippen LogP contribution in [0.25, 0.3) is 0 Å². The summed E-state index contributed by atoms with van der Waals surface area (Å²) in [5.41, 5.74) is 2.80. The van der Waals surface area contributed by atoms with Gasteiger partial charge >= 0.3 is 0 Å². The molecule has 2 N–H and O–H groups in total. The highest BCUT2D eigenvalue weighted by molar-refractivity contribution is 5.93. The van der Waals surface area contributed by atoms with Crippen LogP contribution < -0.4 is 10.6 Å². The van der Waals surface area contributed by atoms with Gasteiger partial charge in [0.05, 0.1) is 12.2 Å². The van der Waals surface area contributed by atoms with E-state index in [2.05, 4.69) is 51.8 Å². The van der Waals surface area contributed by atoms with E-state index in [-0.39, 0.29) is 5.91 Å². The molecule has 0 aliphatic carbocycles. The molecule has 1 aromatic heterocycles. The summed E-state index contributed by atoms with van der Waals surface area (Å²) in [4.78, 5) is 20.1. The number of hydrogen-bond donors (Lipinski definition) is 2. The Morgan fingerprint density at radius 2 is 1.86 bits per heavy atom. The third-order valence-electron chi connectivity index (χ3n) is 3.08. The quantitative estimate of drug-likeness (QED) is 0.762. The van der Waals surface area contributed by atoms with Crippen molar-refractivity contribution < 1.29 is 9.53 Å². The molecule has 0 aliphatic rings. The van der Waals surface area contributed by atoms with Crippen LogP contribution in [0.3, 0.4) is 0 Å². The molecule has 22 heavy (non-hydrogen) atoms. The first-order valence-electron chi connectivity index (χ1n) is 7.07. The summed E-state index contributed by atoms with van der Waals surface area (Å²) in [6, 6.07) is 8.23. The van der Waals surface area contributed by atoms with E-state index in [4.69, 9.17) is 4.74 Å². The lowest BCUT2D eigenvalue weighted by Crippen LogP contribution is -2.27. The standard InChI is InChI=1S/C16H20N4O2/c1-12-3-5-13(6-4-12)9-18-16-19-10-14(11-20-16)15(21)17-7-8-22-2/h3-6,10-11H,7-9H2,1-2H3,(H,17,21)(H,18,19,20). The molecule has 0 radical (unpaired) electrons. The van der Waals surface area contributed by atoms with Crippen LogP contribution in [0, 0.1) is 6.92 Å². The average molecular weight is 300 g/mol. The molecule has 1 amide bonds. The van der Waals surface area contributed by atoms with Gasteiger partial charge in [-0.1, -0.05) is 29.8 Å². The van der Waals surface area contributed by atoms with Gasteiger partial charge in [-0.3, -0.25) is 4.79 Å². The highest BCUT2D eigenvalue weighted by atomic mass is 16.5. The van der Waals surface area contributed by atoms with E-state index in [0.717, 1.165) is 5.56 Å². The Morgan fingerprint density at radius 1 is 1.18 bits per heavy atom.